The van der Waals surface area contributed by atoms with Crippen molar-refractivity contribution >= 4 is 40.7 Å². The van der Waals surface area contributed by atoms with Crippen molar-refractivity contribution < 1.29 is 14.7 Å². The third kappa shape index (κ3) is 4.79. The number of ketones is 1. The van der Waals surface area contributed by atoms with Crippen LogP contribution in [0.1, 0.15) is 34.7 Å². The SMILES string of the molecule is Cc1ccc(C)c(/C(O)=C2\C(=O)C(=O)N(CCCN(C)C)C2c2ccc(Cl)c(Cl)c2)c1. The molecular weight excluding hydrogens is 435 g/mol. The van der Waals surface area contributed by atoms with Gasteiger partial charge in [-0.15, -0.1) is 0 Å². The Bertz CT molecular complexity index is 1060. The minimum atomic E-state index is -0.739. The molecule has 1 unspecified atom stereocenters. The van der Waals surface area contributed by atoms with E-state index < -0.39 is 17.7 Å². The van der Waals surface area contributed by atoms with E-state index in [1.54, 1.807) is 18.2 Å². The van der Waals surface area contributed by atoms with Crippen LogP contribution in [0.25, 0.3) is 5.76 Å². The number of likely N-dealkylation sites (tertiary alicyclic amines) is 1. The van der Waals surface area contributed by atoms with E-state index in [1.807, 2.05) is 51.0 Å². The average Bonchev–Trinajstić information content (AvgIpc) is 2.96. The van der Waals surface area contributed by atoms with Gasteiger partial charge >= 0.3 is 0 Å². The van der Waals surface area contributed by atoms with Crippen molar-refractivity contribution in [2.24, 2.45) is 0 Å². The Labute approximate surface area is 192 Å². The van der Waals surface area contributed by atoms with E-state index in [0.29, 0.717) is 34.1 Å². The van der Waals surface area contributed by atoms with Crippen LogP contribution >= 0.6 is 23.2 Å². The highest BCUT2D eigenvalue weighted by Gasteiger charge is 2.46. The summed E-state index contributed by atoms with van der Waals surface area (Å²) in [7, 11) is 3.90. The van der Waals surface area contributed by atoms with Gasteiger partial charge in [-0.1, -0.05) is 47.0 Å². The molecule has 0 aromatic heterocycles. The first kappa shape index (κ1) is 23.3. The van der Waals surface area contributed by atoms with E-state index in [1.165, 1.54) is 4.90 Å². The molecule has 7 heteroatoms. The van der Waals surface area contributed by atoms with Crippen molar-refractivity contribution in [2.75, 3.05) is 27.2 Å². The molecule has 2 aromatic rings. The molecule has 2 aromatic carbocycles. The number of hydrogen-bond acceptors (Lipinski definition) is 4. The Morgan fingerprint density at radius 3 is 2.42 bits per heavy atom. The number of nitrogens with zero attached hydrogens (tertiary/aromatic N) is 2. The number of aryl methyl sites for hydroxylation is 2. The lowest BCUT2D eigenvalue weighted by Crippen LogP contribution is -2.32. The minimum Gasteiger partial charge on any atom is -0.507 e. The Morgan fingerprint density at radius 1 is 1.06 bits per heavy atom. The molecule has 3 rings (SSSR count). The summed E-state index contributed by atoms with van der Waals surface area (Å²) in [5.41, 5.74) is 3.00. The zero-order valence-corrected chi connectivity index (χ0v) is 19.6. The first-order valence-corrected chi connectivity index (χ1v) is 10.8. The van der Waals surface area contributed by atoms with Crippen LogP contribution in [-0.4, -0.2) is 53.8 Å². The van der Waals surface area contributed by atoms with Gasteiger partial charge < -0.3 is 14.9 Å². The van der Waals surface area contributed by atoms with Gasteiger partial charge in [0.05, 0.1) is 21.7 Å². The molecule has 1 heterocycles. The van der Waals surface area contributed by atoms with Gasteiger partial charge in [-0.3, -0.25) is 9.59 Å². The summed E-state index contributed by atoms with van der Waals surface area (Å²) >= 11 is 12.3. The smallest absolute Gasteiger partial charge is 0.295 e. The largest absolute Gasteiger partial charge is 0.507 e. The zero-order chi connectivity index (χ0) is 22.9. The van der Waals surface area contributed by atoms with Crippen LogP contribution < -0.4 is 0 Å². The molecule has 0 spiro atoms. The maximum absolute atomic E-state index is 13.1. The third-order valence-electron chi connectivity index (χ3n) is 5.45. The van der Waals surface area contributed by atoms with Gasteiger partial charge in [0.1, 0.15) is 5.76 Å². The molecule has 0 saturated carbocycles. The topological polar surface area (TPSA) is 60.9 Å². The van der Waals surface area contributed by atoms with E-state index in [-0.39, 0.29) is 11.3 Å². The number of aliphatic hydroxyl groups is 1. The number of rotatable bonds is 6. The second-order valence-electron chi connectivity index (χ2n) is 8.14. The molecule has 1 saturated heterocycles. The Hall–Kier alpha value is -2.34. The van der Waals surface area contributed by atoms with E-state index in [2.05, 4.69) is 0 Å². The summed E-state index contributed by atoms with van der Waals surface area (Å²) in [6, 6.07) is 9.91. The number of amides is 1. The van der Waals surface area contributed by atoms with E-state index in [0.717, 1.165) is 17.7 Å². The van der Waals surface area contributed by atoms with Gasteiger partial charge in [0, 0.05) is 12.1 Å². The fourth-order valence-electron chi connectivity index (χ4n) is 3.83. The highest BCUT2D eigenvalue weighted by molar-refractivity contribution is 6.47. The van der Waals surface area contributed by atoms with Crippen molar-refractivity contribution in [3.63, 3.8) is 0 Å². The molecule has 31 heavy (non-hydrogen) atoms. The molecule has 1 aliphatic heterocycles. The second kappa shape index (κ2) is 9.43. The summed E-state index contributed by atoms with van der Waals surface area (Å²) in [5, 5.41) is 11.9. The monoisotopic (exact) mass is 460 g/mol. The van der Waals surface area contributed by atoms with Crippen molar-refractivity contribution in [1.29, 1.82) is 0 Å². The molecule has 1 aliphatic rings. The summed E-state index contributed by atoms with van der Waals surface area (Å²) in [5.74, 6) is -1.49. The fourth-order valence-corrected chi connectivity index (χ4v) is 4.14. The van der Waals surface area contributed by atoms with Crippen LogP contribution in [0.3, 0.4) is 0 Å². The highest BCUT2D eigenvalue weighted by atomic mass is 35.5. The number of carbonyl (C=O) groups excluding carboxylic acids is 2. The van der Waals surface area contributed by atoms with Crippen LogP contribution in [0, 0.1) is 13.8 Å². The molecular formula is C24H26Cl2N2O3. The van der Waals surface area contributed by atoms with Gasteiger partial charge in [0.15, 0.2) is 0 Å². The predicted molar refractivity (Wildman–Crippen MR) is 125 cm³/mol. The molecule has 0 radical (unpaired) electrons. The summed E-state index contributed by atoms with van der Waals surface area (Å²) in [4.78, 5) is 29.6. The van der Waals surface area contributed by atoms with Gasteiger partial charge in [0.2, 0.25) is 0 Å². The maximum Gasteiger partial charge on any atom is 0.295 e. The van der Waals surface area contributed by atoms with Crippen molar-refractivity contribution in [1.82, 2.24) is 9.80 Å². The van der Waals surface area contributed by atoms with Crippen molar-refractivity contribution in [3.05, 3.63) is 74.3 Å². The standard InChI is InChI=1S/C24H26Cl2N2O3/c1-14-6-7-15(2)17(12-14)22(29)20-21(16-8-9-18(25)19(26)13-16)28(24(31)23(20)30)11-5-10-27(3)4/h6-9,12-13,21,29H,5,10-11H2,1-4H3/b22-20+. The number of hydrogen-bond donors (Lipinski definition) is 1. The van der Waals surface area contributed by atoms with Crippen LogP contribution in [0.4, 0.5) is 0 Å². The Morgan fingerprint density at radius 2 is 1.77 bits per heavy atom. The van der Waals surface area contributed by atoms with E-state index in [9.17, 15) is 14.7 Å². The molecule has 1 fully saturated rings. The van der Waals surface area contributed by atoms with Gasteiger partial charge in [0.25, 0.3) is 11.7 Å². The van der Waals surface area contributed by atoms with Gasteiger partial charge in [-0.2, -0.15) is 0 Å². The average molecular weight is 461 g/mol. The lowest BCUT2D eigenvalue weighted by molar-refractivity contribution is -0.139. The Balaban J connectivity index is 2.17. The molecule has 1 amide bonds. The first-order chi connectivity index (χ1) is 14.6. The number of benzene rings is 2. The van der Waals surface area contributed by atoms with Crippen LogP contribution in [0.15, 0.2) is 42.0 Å². The molecule has 0 aliphatic carbocycles. The number of Topliss-reactive ketones (excluding diaryl/α,β-unsaturated/α-hetero) is 1. The summed E-state index contributed by atoms with van der Waals surface area (Å²) < 4.78 is 0. The number of carbonyl (C=O) groups is 2. The third-order valence-corrected chi connectivity index (χ3v) is 6.19. The fraction of sp³-hybridized carbons (Fsp3) is 0.333. The molecule has 1 N–H and O–H groups in total. The normalized spacial score (nSPS) is 18.3. The van der Waals surface area contributed by atoms with Crippen LogP contribution in [-0.2, 0) is 9.59 Å². The molecule has 164 valence electrons. The Kier molecular flexibility index (Phi) is 7.10. The summed E-state index contributed by atoms with van der Waals surface area (Å²) in [6.07, 6.45) is 0.682. The lowest BCUT2D eigenvalue weighted by atomic mass is 9.93. The van der Waals surface area contributed by atoms with Crippen molar-refractivity contribution in [2.45, 2.75) is 26.3 Å². The van der Waals surface area contributed by atoms with E-state index >= 15 is 0 Å². The van der Waals surface area contributed by atoms with Crippen LogP contribution in [0.5, 0.6) is 0 Å². The lowest BCUT2D eigenvalue weighted by Gasteiger charge is -2.26. The minimum absolute atomic E-state index is 0.0712. The van der Waals surface area contributed by atoms with Gasteiger partial charge in [-0.25, -0.2) is 0 Å². The predicted octanol–water partition coefficient (Wildman–Crippen LogP) is 4.98. The summed E-state index contributed by atoms with van der Waals surface area (Å²) in [6.45, 7) is 4.90. The molecule has 1 atom stereocenters. The highest BCUT2D eigenvalue weighted by Crippen LogP contribution is 2.41. The zero-order valence-electron chi connectivity index (χ0n) is 18.1. The number of aliphatic hydroxyl groups excluding tert-OH is 1. The van der Waals surface area contributed by atoms with Crippen molar-refractivity contribution in [3.8, 4) is 0 Å². The first-order valence-electron chi connectivity index (χ1n) is 10.1. The second-order valence-corrected chi connectivity index (χ2v) is 8.96. The van der Waals surface area contributed by atoms with Crippen LogP contribution in [0.2, 0.25) is 10.0 Å². The quantitative estimate of drug-likeness (QED) is 0.374. The molecule has 5 nitrogen and oxygen atoms in total. The molecule has 0 bridgehead atoms. The maximum atomic E-state index is 13.1. The number of halogens is 2. The van der Waals surface area contributed by atoms with Gasteiger partial charge in [-0.05, 0) is 70.2 Å². The van der Waals surface area contributed by atoms with E-state index in [4.69, 9.17) is 23.2 Å².